The molecule has 4 heteroatoms. The summed E-state index contributed by atoms with van der Waals surface area (Å²) in [7, 11) is 0. The van der Waals surface area contributed by atoms with Gasteiger partial charge in [-0.3, -0.25) is 4.68 Å². The lowest BCUT2D eigenvalue weighted by Crippen LogP contribution is -2.21. The zero-order chi connectivity index (χ0) is 10.8. The second kappa shape index (κ2) is 8.41. The summed E-state index contributed by atoms with van der Waals surface area (Å²) in [5, 5.41) is 11.1. The molecule has 0 amide bonds. The van der Waals surface area contributed by atoms with Crippen LogP contribution in [0.1, 0.15) is 39.0 Å². The second-order valence-corrected chi connectivity index (χ2v) is 3.83. The number of hydrogen-bond acceptors (Lipinski definition) is 3. The first-order valence-corrected chi connectivity index (χ1v) is 5.98. The highest BCUT2D eigenvalue weighted by atomic mass is 15.4. The predicted octanol–water partition coefficient (Wildman–Crippen LogP) is 1.84. The minimum Gasteiger partial charge on any atom is -0.315 e. The number of nitrogens with one attached hydrogen (secondary N) is 1. The van der Waals surface area contributed by atoms with Crippen LogP contribution in [0.15, 0.2) is 12.4 Å². The number of hydrogen-bond donors (Lipinski definition) is 1. The van der Waals surface area contributed by atoms with Crippen molar-refractivity contribution in [3.63, 3.8) is 0 Å². The third-order valence-electron chi connectivity index (χ3n) is 2.45. The normalized spacial score (nSPS) is 10.7. The Kier molecular flexibility index (Phi) is 6.83. The second-order valence-electron chi connectivity index (χ2n) is 3.83. The van der Waals surface area contributed by atoms with Gasteiger partial charge in [-0.15, -0.1) is 5.10 Å². The van der Waals surface area contributed by atoms with Gasteiger partial charge in [0.25, 0.3) is 0 Å². The first-order chi connectivity index (χ1) is 7.43. The summed E-state index contributed by atoms with van der Waals surface area (Å²) in [6.07, 6.45) is 10.3. The van der Waals surface area contributed by atoms with Crippen molar-refractivity contribution in [1.29, 1.82) is 0 Å². The Labute approximate surface area is 92.1 Å². The zero-order valence-electron chi connectivity index (χ0n) is 9.65. The van der Waals surface area contributed by atoms with Gasteiger partial charge in [0.1, 0.15) is 0 Å². The fraction of sp³-hybridized carbons (Fsp3) is 0.818. The SMILES string of the molecule is CCCCCCCNCCn1ccnn1. The van der Waals surface area contributed by atoms with E-state index in [0.29, 0.717) is 0 Å². The summed E-state index contributed by atoms with van der Waals surface area (Å²) in [5.74, 6) is 0. The summed E-state index contributed by atoms with van der Waals surface area (Å²) in [5.41, 5.74) is 0. The Morgan fingerprint density at radius 1 is 1.13 bits per heavy atom. The molecule has 0 aliphatic heterocycles. The van der Waals surface area contributed by atoms with Crippen LogP contribution in [-0.4, -0.2) is 28.1 Å². The highest BCUT2D eigenvalue weighted by molar-refractivity contribution is 4.64. The van der Waals surface area contributed by atoms with Crippen molar-refractivity contribution in [3.8, 4) is 0 Å². The zero-order valence-corrected chi connectivity index (χ0v) is 9.65. The van der Waals surface area contributed by atoms with Crippen molar-refractivity contribution >= 4 is 0 Å². The van der Waals surface area contributed by atoms with E-state index in [1.54, 1.807) is 6.20 Å². The van der Waals surface area contributed by atoms with Crippen molar-refractivity contribution in [2.45, 2.75) is 45.6 Å². The van der Waals surface area contributed by atoms with Crippen LogP contribution in [0.25, 0.3) is 0 Å². The first kappa shape index (κ1) is 12.2. The number of unbranched alkanes of at least 4 members (excludes halogenated alkanes) is 4. The van der Waals surface area contributed by atoms with E-state index in [4.69, 9.17) is 0 Å². The molecule has 0 bridgehead atoms. The molecule has 0 unspecified atom stereocenters. The van der Waals surface area contributed by atoms with Crippen LogP contribution in [0, 0.1) is 0 Å². The molecule has 0 saturated carbocycles. The van der Waals surface area contributed by atoms with Gasteiger partial charge in [-0.1, -0.05) is 37.8 Å². The van der Waals surface area contributed by atoms with Crippen molar-refractivity contribution in [2.75, 3.05) is 13.1 Å². The Bertz CT molecular complexity index is 221. The van der Waals surface area contributed by atoms with Crippen LogP contribution < -0.4 is 5.32 Å². The van der Waals surface area contributed by atoms with E-state index in [1.807, 2.05) is 10.9 Å². The fourth-order valence-electron chi connectivity index (χ4n) is 1.52. The largest absolute Gasteiger partial charge is 0.315 e. The molecule has 1 aromatic rings. The van der Waals surface area contributed by atoms with Crippen LogP contribution in [0.2, 0.25) is 0 Å². The summed E-state index contributed by atoms with van der Waals surface area (Å²) < 4.78 is 1.85. The number of nitrogens with zero attached hydrogens (tertiary/aromatic N) is 3. The molecule has 0 spiro atoms. The highest BCUT2D eigenvalue weighted by Gasteiger charge is 1.91. The highest BCUT2D eigenvalue weighted by Crippen LogP contribution is 2.00. The Hall–Kier alpha value is -0.900. The number of aromatic nitrogens is 3. The molecule has 1 aromatic heterocycles. The first-order valence-electron chi connectivity index (χ1n) is 5.98. The smallest absolute Gasteiger partial charge is 0.0692 e. The molecule has 0 fully saturated rings. The molecule has 15 heavy (non-hydrogen) atoms. The van der Waals surface area contributed by atoms with Crippen LogP contribution in [-0.2, 0) is 6.54 Å². The lowest BCUT2D eigenvalue weighted by Gasteiger charge is -2.04. The van der Waals surface area contributed by atoms with Crippen LogP contribution in [0.4, 0.5) is 0 Å². The summed E-state index contributed by atoms with van der Waals surface area (Å²) in [6.45, 7) is 5.26. The van der Waals surface area contributed by atoms with Crippen molar-refractivity contribution in [1.82, 2.24) is 20.3 Å². The molecule has 0 aromatic carbocycles. The van der Waals surface area contributed by atoms with E-state index >= 15 is 0 Å². The Morgan fingerprint density at radius 3 is 2.73 bits per heavy atom. The molecule has 0 aliphatic rings. The minimum absolute atomic E-state index is 0.912. The molecule has 1 heterocycles. The van der Waals surface area contributed by atoms with Gasteiger partial charge in [-0.2, -0.15) is 0 Å². The van der Waals surface area contributed by atoms with E-state index in [0.717, 1.165) is 19.6 Å². The van der Waals surface area contributed by atoms with Gasteiger partial charge in [0, 0.05) is 12.7 Å². The van der Waals surface area contributed by atoms with Crippen molar-refractivity contribution < 1.29 is 0 Å². The van der Waals surface area contributed by atoms with Crippen molar-refractivity contribution in [3.05, 3.63) is 12.4 Å². The molecule has 0 aliphatic carbocycles. The summed E-state index contributed by atoms with van der Waals surface area (Å²) >= 11 is 0. The molecule has 0 saturated heterocycles. The van der Waals surface area contributed by atoms with E-state index < -0.39 is 0 Å². The number of rotatable bonds is 9. The fourth-order valence-corrected chi connectivity index (χ4v) is 1.52. The van der Waals surface area contributed by atoms with Gasteiger partial charge in [0.15, 0.2) is 0 Å². The van der Waals surface area contributed by atoms with E-state index in [2.05, 4.69) is 22.6 Å². The molecule has 0 radical (unpaired) electrons. The van der Waals surface area contributed by atoms with Gasteiger partial charge in [0.2, 0.25) is 0 Å². The van der Waals surface area contributed by atoms with E-state index in [1.165, 1.54) is 32.1 Å². The van der Waals surface area contributed by atoms with E-state index in [-0.39, 0.29) is 0 Å². The van der Waals surface area contributed by atoms with Crippen LogP contribution in [0.5, 0.6) is 0 Å². The maximum Gasteiger partial charge on any atom is 0.0692 e. The van der Waals surface area contributed by atoms with E-state index in [9.17, 15) is 0 Å². The van der Waals surface area contributed by atoms with Gasteiger partial charge in [-0.25, -0.2) is 0 Å². The molecule has 1 N–H and O–H groups in total. The van der Waals surface area contributed by atoms with Gasteiger partial charge in [-0.05, 0) is 13.0 Å². The Balaban J connectivity index is 1.81. The molecular formula is C11H22N4. The van der Waals surface area contributed by atoms with Crippen LogP contribution >= 0.6 is 0 Å². The third-order valence-corrected chi connectivity index (χ3v) is 2.45. The average molecular weight is 210 g/mol. The quantitative estimate of drug-likeness (QED) is 0.632. The molecule has 86 valence electrons. The standard InChI is InChI=1S/C11H22N4/c1-2-3-4-5-6-7-12-8-10-15-11-9-13-14-15/h9,11-12H,2-8,10H2,1H3. The van der Waals surface area contributed by atoms with Gasteiger partial charge in [0.05, 0.1) is 12.7 Å². The molecule has 4 nitrogen and oxygen atoms in total. The predicted molar refractivity (Wildman–Crippen MR) is 61.7 cm³/mol. The minimum atomic E-state index is 0.912. The third kappa shape index (κ3) is 6.23. The summed E-state index contributed by atoms with van der Waals surface area (Å²) in [6, 6.07) is 0. The van der Waals surface area contributed by atoms with Gasteiger partial charge >= 0.3 is 0 Å². The van der Waals surface area contributed by atoms with Crippen molar-refractivity contribution in [2.24, 2.45) is 0 Å². The summed E-state index contributed by atoms with van der Waals surface area (Å²) in [4.78, 5) is 0. The molecule has 0 atom stereocenters. The molecule has 1 rings (SSSR count). The topological polar surface area (TPSA) is 42.7 Å². The van der Waals surface area contributed by atoms with Gasteiger partial charge < -0.3 is 5.32 Å². The lowest BCUT2D eigenvalue weighted by molar-refractivity contribution is 0.522. The Morgan fingerprint density at radius 2 is 2.00 bits per heavy atom. The lowest BCUT2D eigenvalue weighted by atomic mass is 10.1. The maximum atomic E-state index is 3.90. The molecular weight excluding hydrogens is 188 g/mol. The maximum absolute atomic E-state index is 3.90. The van der Waals surface area contributed by atoms with Crippen LogP contribution in [0.3, 0.4) is 0 Å². The monoisotopic (exact) mass is 210 g/mol. The average Bonchev–Trinajstić information content (AvgIpc) is 2.75.